The summed E-state index contributed by atoms with van der Waals surface area (Å²) in [6.45, 7) is 8.36. The lowest BCUT2D eigenvalue weighted by Crippen LogP contribution is -2.53. The predicted octanol–water partition coefficient (Wildman–Crippen LogP) is 2.42. The molecule has 1 aliphatic carbocycles. The van der Waals surface area contributed by atoms with Crippen LogP contribution in [0.2, 0.25) is 0 Å². The summed E-state index contributed by atoms with van der Waals surface area (Å²) in [7, 11) is 1.77. The van der Waals surface area contributed by atoms with Crippen molar-refractivity contribution in [3.8, 4) is 0 Å². The normalized spacial score (nSPS) is 17.1. The summed E-state index contributed by atoms with van der Waals surface area (Å²) in [5.74, 6) is -0.730. The first-order valence-electron chi connectivity index (χ1n) is 7.37. The zero-order chi connectivity index (χ0) is 14.6. The van der Waals surface area contributed by atoms with Gasteiger partial charge in [0.05, 0.1) is 0 Å². The molecule has 1 rings (SSSR count). The molecule has 0 aliphatic heterocycles. The van der Waals surface area contributed by atoms with Gasteiger partial charge in [-0.15, -0.1) is 0 Å². The zero-order valence-corrected chi connectivity index (χ0v) is 13.0. The van der Waals surface area contributed by atoms with Gasteiger partial charge in [-0.05, 0) is 40.5 Å². The maximum atomic E-state index is 12.3. The van der Waals surface area contributed by atoms with E-state index in [9.17, 15) is 9.59 Å². The fraction of sp³-hybridized carbons (Fsp3) is 0.867. The lowest BCUT2D eigenvalue weighted by atomic mass is 9.94. The molecular weight excluding hydrogens is 240 g/mol. The van der Waals surface area contributed by atoms with Gasteiger partial charge in [-0.25, -0.2) is 0 Å². The van der Waals surface area contributed by atoms with Crippen molar-refractivity contribution < 1.29 is 9.59 Å². The van der Waals surface area contributed by atoms with Crippen LogP contribution in [0.1, 0.15) is 59.8 Å². The molecule has 4 nitrogen and oxygen atoms in total. The van der Waals surface area contributed by atoms with Crippen molar-refractivity contribution in [2.75, 3.05) is 13.6 Å². The molecule has 0 radical (unpaired) electrons. The number of hydrogen-bond acceptors (Lipinski definition) is 2. The van der Waals surface area contributed by atoms with E-state index in [1.54, 1.807) is 16.8 Å². The molecule has 110 valence electrons. The minimum absolute atomic E-state index is 0.240. The molecule has 0 aromatic heterocycles. The van der Waals surface area contributed by atoms with E-state index in [4.69, 9.17) is 0 Å². The minimum Gasteiger partial charge on any atom is -0.335 e. The smallest absolute Gasteiger partial charge is 0.312 e. The number of nitrogens with zero attached hydrogens (tertiary/aromatic N) is 2. The maximum Gasteiger partial charge on any atom is 0.312 e. The summed E-state index contributed by atoms with van der Waals surface area (Å²) in [4.78, 5) is 28.0. The van der Waals surface area contributed by atoms with Crippen LogP contribution in [-0.4, -0.2) is 46.8 Å². The van der Waals surface area contributed by atoms with E-state index in [1.807, 2.05) is 27.7 Å². The topological polar surface area (TPSA) is 40.6 Å². The molecule has 0 spiro atoms. The Morgan fingerprint density at radius 2 is 1.58 bits per heavy atom. The molecule has 1 aliphatic rings. The second-order valence-corrected chi connectivity index (χ2v) is 6.43. The first kappa shape index (κ1) is 16.0. The van der Waals surface area contributed by atoms with Gasteiger partial charge in [-0.3, -0.25) is 9.59 Å². The molecule has 0 unspecified atom stereocenters. The van der Waals surface area contributed by atoms with Crippen molar-refractivity contribution in [3.05, 3.63) is 0 Å². The fourth-order valence-corrected chi connectivity index (χ4v) is 2.82. The lowest BCUT2D eigenvalue weighted by molar-refractivity contribution is -0.155. The van der Waals surface area contributed by atoms with Gasteiger partial charge in [0.1, 0.15) is 0 Å². The monoisotopic (exact) mass is 268 g/mol. The molecule has 0 N–H and O–H groups in total. The van der Waals surface area contributed by atoms with E-state index in [0.717, 1.165) is 25.7 Å². The fourth-order valence-electron chi connectivity index (χ4n) is 2.82. The Balaban J connectivity index is 2.72. The van der Waals surface area contributed by atoms with Crippen LogP contribution < -0.4 is 0 Å². The van der Waals surface area contributed by atoms with Crippen LogP contribution >= 0.6 is 0 Å². The molecule has 0 saturated heterocycles. The summed E-state index contributed by atoms with van der Waals surface area (Å²) in [6.07, 6.45) is 5.62. The third-order valence-corrected chi connectivity index (χ3v) is 4.00. The van der Waals surface area contributed by atoms with Crippen molar-refractivity contribution in [2.24, 2.45) is 0 Å². The molecule has 0 bridgehead atoms. The van der Waals surface area contributed by atoms with Gasteiger partial charge < -0.3 is 9.80 Å². The van der Waals surface area contributed by atoms with Crippen LogP contribution in [0.25, 0.3) is 0 Å². The molecular formula is C15H28N2O2. The molecule has 0 aromatic carbocycles. The highest BCUT2D eigenvalue weighted by Gasteiger charge is 2.33. The number of carbonyl (C=O) groups is 2. The van der Waals surface area contributed by atoms with E-state index >= 15 is 0 Å². The summed E-state index contributed by atoms with van der Waals surface area (Å²) in [5, 5.41) is 0. The number of amides is 2. The number of rotatable bonds is 2. The standard InChI is InChI=1S/C15H28N2O2/c1-6-17(15(2,3)4)14(19)13(18)16(5)12-10-8-7-9-11-12/h12H,6-11H2,1-5H3. The summed E-state index contributed by atoms with van der Waals surface area (Å²) < 4.78 is 0. The van der Waals surface area contributed by atoms with Crippen LogP contribution in [-0.2, 0) is 9.59 Å². The summed E-state index contributed by atoms with van der Waals surface area (Å²) >= 11 is 0. The second kappa shape index (κ2) is 6.40. The third kappa shape index (κ3) is 3.95. The van der Waals surface area contributed by atoms with Crippen molar-refractivity contribution in [3.63, 3.8) is 0 Å². The predicted molar refractivity (Wildman–Crippen MR) is 76.8 cm³/mol. The van der Waals surface area contributed by atoms with Crippen molar-refractivity contribution in [2.45, 2.75) is 71.4 Å². The second-order valence-electron chi connectivity index (χ2n) is 6.43. The number of likely N-dealkylation sites (N-methyl/N-ethyl adjacent to an activating group) is 2. The van der Waals surface area contributed by atoms with E-state index < -0.39 is 0 Å². The van der Waals surface area contributed by atoms with Crippen LogP contribution in [0.4, 0.5) is 0 Å². The van der Waals surface area contributed by atoms with Crippen LogP contribution in [0.15, 0.2) is 0 Å². The lowest BCUT2D eigenvalue weighted by Gasteiger charge is -2.37. The Kier molecular flexibility index (Phi) is 5.39. The number of hydrogen-bond donors (Lipinski definition) is 0. The van der Waals surface area contributed by atoms with E-state index in [0.29, 0.717) is 6.54 Å². The van der Waals surface area contributed by atoms with Crippen molar-refractivity contribution in [1.29, 1.82) is 0 Å². The molecule has 0 aromatic rings. The third-order valence-electron chi connectivity index (χ3n) is 4.00. The van der Waals surface area contributed by atoms with Gasteiger partial charge in [0, 0.05) is 25.2 Å². The van der Waals surface area contributed by atoms with E-state index in [-0.39, 0.29) is 23.4 Å². The first-order chi connectivity index (χ1) is 8.79. The van der Waals surface area contributed by atoms with E-state index in [2.05, 4.69) is 0 Å². The number of carbonyl (C=O) groups excluding carboxylic acids is 2. The maximum absolute atomic E-state index is 12.3. The van der Waals surface area contributed by atoms with Gasteiger partial charge in [0.25, 0.3) is 0 Å². The first-order valence-corrected chi connectivity index (χ1v) is 7.37. The highest BCUT2D eigenvalue weighted by atomic mass is 16.2. The average Bonchev–Trinajstić information content (AvgIpc) is 2.37. The Hall–Kier alpha value is -1.06. The van der Waals surface area contributed by atoms with Gasteiger partial charge in [-0.2, -0.15) is 0 Å². The molecule has 1 fully saturated rings. The van der Waals surface area contributed by atoms with Crippen molar-refractivity contribution in [1.82, 2.24) is 9.80 Å². The molecule has 1 saturated carbocycles. The zero-order valence-electron chi connectivity index (χ0n) is 13.0. The molecule has 19 heavy (non-hydrogen) atoms. The van der Waals surface area contributed by atoms with Gasteiger partial charge in [0.15, 0.2) is 0 Å². The minimum atomic E-state index is -0.372. The molecule has 0 atom stereocenters. The summed E-state index contributed by atoms with van der Waals surface area (Å²) in [6, 6.07) is 0.240. The summed E-state index contributed by atoms with van der Waals surface area (Å²) in [5.41, 5.74) is -0.311. The van der Waals surface area contributed by atoms with Gasteiger partial charge in [-0.1, -0.05) is 19.3 Å². The van der Waals surface area contributed by atoms with Crippen LogP contribution in [0, 0.1) is 0 Å². The van der Waals surface area contributed by atoms with Gasteiger partial charge in [0.2, 0.25) is 0 Å². The molecule has 0 heterocycles. The van der Waals surface area contributed by atoms with Crippen molar-refractivity contribution >= 4 is 11.8 Å². The van der Waals surface area contributed by atoms with Crippen LogP contribution in [0.3, 0.4) is 0 Å². The van der Waals surface area contributed by atoms with Gasteiger partial charge >= 0.3 is 11.8 Å². The largest absolute Gasteiger partial charge is 0.335 e. The Bertz CT molecular complexity index is 328. The van der Waals surface area contributed by atoms with E-state index in [1.165, 1.54) is 6.42 Å². The van der Waals surface area contributed by atoms with Crippen LogP contribution in [0.5, 0.6) is 0 Å². The highest BCUT2D eigenvalue weighted by molar-refractivity contribution is 6.35. The Morgan fingerprint density at radius 3 is 2.00 bits per heavy atom. The quantitative estimate of drug-likeness (QED) is 0.722. The Morgan fingerprint density at radius 1 is 1.05 bits per heavy atom. The highest BCUT2D eigenvalue weighted by Crippen LogP contribution is 2.22. The Labute approximate surface area is 117 Å². The SMILES string of the molecule is CCN(C(=O)C(=O)N(C)C1CCCCC1)C(C)(C)C. The average molecular weight is 268 g/mol. The molecule has 4 heteroatoms. The molecule has 2 amide bonds.